The Morgan fingerprint density at radius 1 is 1.22 bits per heavy atom. The summed E-state index contributed by atoms with van der Waals surface area (Å²) >= 11 is 0. The number of hydrogen-bond acceptors (Lipinski definition) is 2. The third-order valence-electron chi connectivity index (χ3n) is 3.09. The highest BCUT2D eigenvalue weighted by atomic mass is 19.4. The maximum atomic E-state index is 12.8. The fraction of sp³-hybridized carbons (Fsp3) is 0.462. The molecule has 1 rings (SSSR count). The monoisotopic (exact) mass is 256 g/mol. The number of alkyl halides is 3. The average molecular weight is 256 g/mol. The number of nitrogens with zero attached hydrogens (tertiary/aromatic N) is 2. The van der Waals surface area contributed by atoms with Crippen molar-refractivity contribution in [2.75, 3.05) is 14.1 Å². The third kappa shape index (κ3) is 3.02. The zero-order valence-corrected chi connectivity index (χ0v) is 10.5. The van der Waals surface area contributed by atoms with Crippen molar-refractivity contribution >= 4 is 0 Å². The van der Waals surface area contributed by atoms with Gasteiger partial charge in [-0.2, -0.15) is 18.4 Å². The minimum Gasteiger partial charge on any atom is -0.292 e. The van der Waals surface area contributed by atoms with Gasteiger partial charge in [-0.15, -0.1) is 0 Å². The molecule has 1 atom stereocenters. The molecule has 0 heterocycles. The first kappa shape index (κ1) is 14.5. The SMILES string of the molecule is CN(C)C(C)(C#N)Cc1ccccc1C(F)(F)F. The topological polar surface area (TPSA) is 27.0 Å². The van der Waals surface area contributed by atoms with E-state index in [4.69, 9.17) is 5.26 Å². The molecule has 1 aromatic carbocycles. The van der Waals surface area contributed by atoms with Crippen molar-refractivity contribution in [2.45, 2.75) is 25.1 Å². The largest absolute Gasteiger partial charge is 0.416 e. The highest BCUT2D eigenvalue weighted by molar-refractivity contribution is 5.32. The zero-order valence-electron chi connectivity index (χ0n) is 10.5. The molecule has 0 aliphatic heterocycles. The van der Waals surface area contributed by atoms with Gasteiger partial charge in [0.15, 0.2) is 0 Å². The minimum atomic E-state index is -4.39. The van der Waals surface area contributed by atoms with E-state index >= 15 is 0 Å². The van der Waals surface area contributed by atoms with Gasteiger partial charge in [-0.3, -0.25) is 4.90 Å². The Labute approximate surface area is 105 Å². The van der Waals surface area contributed by atoms with Gasteiger partial charge in [0.2, 0.25) is 0 Å². The van der Waals surface area contributed by atoms with E-state index in [9.17, 15) is 13.2 Å². The Kier molecular flexibility index (Phi) is 4.02. The van der Waals surface area contributed by atoms with Crippen molar-refractivity contribution < 1.29 is 13.2 Å². The molecule has 0 spiro atoms. The van der Waals surface area contributed by atoms with Gasteiger partial charge in [0.05, 0.1) is 11.6 Å². The van der Waals surface area contributed by atoms with Crippen LogP contribution in [0.4, 0.5) is 13.2 Å². The smallest absolute Gasteiger partial charge is 0.292 e. The molecule has 0 radical (unpaired) electrons. The van der Waals surface area contributed by atoms with Crippen molar-refractivity contribution in [3.8, 4) is 6.07 Å². The van der Waals surface area contributed by atoms with Crippen LogP contribution in [0, 0.1) is 11.3 Å². The van der Waals surface area contributed by atoms with E-state index in [0.29, 0.717) is 0 Å². The molecule has 5 heteroatoms. The number of likely N-dealkylation sites (N-methyl/N-ethyl adjacent to an activating group) is 1. The molecule has 1 aromatic rings. The molecule has 0 saturated heterocycles. The van der Waals surface area contributed by atoms with Gasteiger partial charge < -0.3 is 0 Å². The second kappa shape index (κ2) is 4.99. The van der Waals surface area contributed by atoms with Crippen LogP contribution in [0.5, 0.6) is 0 Å². The maximum Gasteiger partial charge on any atom is 0.416 e. The van der Waals surface area contributed by atoms with Gasteiger partial charge in [-0.25, -0.2) is 0 Å². The second-order valence-corrected chi connectivity index (χ2v) is 4.61. The molecule has 18 heavy (non-hydrogen) atoms. The minimum absolute atomic E-state index is 0.0339. The summed E-state index contributed by atoms with van der Waals surface area (Å²) in [5.41, 5.74) is -1.49. The number of nitriles is 1. The first-order valence-corrected chi connectivity index (χ1v) is 5.44. The summed E-state index contributed by atoms with van der Waals surface area (Å²) in [4.78, 5) is 1.63. The molecule has 2 nitrogen and oxygen atoms in total. The van der Waals surface area contributed by atoms with Crippen molar-refractivity contribution in [1.82, 2.24) is 4.90 Å². The lowest BCUT2D eigenvalue weighted by Crippen LogP contribution is -2.42. The van der Waals surface area contributed by atoms with Crippen LogP contribution in [0.1, 0.15) is 18.1 Å². The van der Waals surface area contributed by atoms with Crippen LogP contribution < -0.4 is 0 Å². The first-order valence-electron chi connectivity index (χ1n) is 5.44. The fourth-order valence-corrected chi connectivity index (χ4v) is 1.62. The molecular weight excluding hydrogens is 241 g/mol. The van der Waals surface area contributed by atoms with Crippen LogP contribution in [-0.4, -0.2) is 24.5 Å². The Morgan fingerprint density at radius 3 is 2.22 bits per heavy atom. The number of rotatable bonds is 3. The summed E-state index contributed by atoms with van der Waals surface area (Å²) < 4.78 is 38.5. The van der Waals surface area contributed by atoms with Crippen LogP contribution in [0.2, 0.25) is 0 Å². The molecule has 0 aliphatic carbocycles. The zero-order chi connectivity index (χ0) is 14.0. The summed E-state index contributed by atoms with van der Waals surface area (Å²) in [5.74, 6) is 0. The van der Waals surface area contributed by atoms with Crippen LogP contribution in [0.3, 0.4) is 0 Å². The van der Waals surface area contributed by atoms with Crippen molar-refractivity contribution in [2.24, 2.45) is 0 Å². The van der Waals surface area contributed by atoms with Gasteiger partial charge in [0.1, 0.15) is 5.54 Å². The Balaban J connectivity index is 3.17. The fourth-order valence-electron chi connectivity index (χ4n) is 1.62. The van der Waals surface area contributed by atoms with Crippen molar-refractivity contribution in [1.29, 1.82) is 5.26 Å². The van der Waals surface area contributed by atoms with Crippen LogP contribution >= 0.6 is 0 Å². The summed E-state index contributed by atoms with van der Waals surface area (Å²) in [7, 11) is 3.36. The highest BCUT2D eigenvalue weighted by Gasteiger charge is 2.36. The molecule has 0 N–H and O–H groups in total. The predicted molar refractivity (Wildman–Crippen MR) is 62.9 cm³/mol. The van der Waals surface area contributed by atoms with E-state index < -0.39 is 17.3 Å². The lowest BCUT2D eigenvalue weighted by atomic mass is 9.90. The van der Waals surface area contributed by atoms with Crippen LogP contribution in [0.25, 0.3) is 0 Å². The summed E-state index contributed by atoms with van der Waals surface area (Å²) in [6.07, 6.45) is -4.36. The molecule has 98 valence electrons. The Hall–Kier alpha value is -1.54. The summed E-state index contributed by atoms with van der Waals surface area (Å²) in [6, 6.07) is 7.43. The van der Waals surface area contributed by atoms with E-state index in [1.54, 1.807) is 32.0 Å². The molecule has 0 fully saturated rings. The molecule has 1 unspecified atom stereocenters. The van der Waals surface area contributed by atoms with Gasteiger partial charge in [0.25, 0.3) is 0 Å². The van der Waals surface area contributed by atoms with Crippen molar-refractivity contribution in [3.05, 3.63) is 35.4 Å². The summed E-state index contributed by atoms with van der Waals surface area (Å²) in [5, 5.41) is 9.14. The van der Waals surface area contributed by atoms with Crippen LogP contribution in [-0.2, 0) is 12.6 Å². The number of benzene rings is 1. The van der Waals surface area contributed by atoms with E-state index in [1.807, 2.05) is 0 Å². The molecule has 0 aliphatic rings. The van der Waals surface area contributed by atoms with E-state index in [1.165, 1.54) is 12.1 Å². The van der Waals surface area contributed by atoms with Gasteiger partial charge >= 0.3 is 6.18 Å². The standard InChI is InChI=1S/C13H15F3N2/c1-12(9-17,18(2)3)8-10-6-4-5-7-11(10)13(14,15)16/h4-7H,8H2,1-3H3. The molecular formula is C13H15F3N2. The second-order valence-electron chi connectivity index (χ2n) is 4.61. The molecule has 0 aromatic heterocycles. The summed E-state index contributed by atoms with van der Waals surface area (Å²) in [6.45, 7) is 1.63. The Bertz CT molecular complexity index is 460. The Morgan fingerprint density at radius 2 is 1.78 bits per heavy atom. The molecule has 0 amide bonds. The van der Waals surface area contributed by atoms with E-state index in [2.05, 4.69) is 6.07 Å². The van der Waals surface area contributed by atoms with Gasteiger partial charge in [-0.05, 0) is 32.6 Å². The number of halogens is 3. The predicted octanol–water partition coefficient (Wildman–Crippen LogP) is 3.09. The number of hydrogen-bond donors (Lipinski definition) is 0. The molecule has 0 saturated carbocycles. The van der Waals surface area contributed by atoms with Crippen molar-refractivity contribution in [3.63, 3.8) is 0 Å². The quantitative estimate of drug-likeness (QED) is 0.831. The van der Waals surface area contributed by atoms with E-state index in [-0.39, 0.29) is 12.0 Å². The van der Waals surface area contributed by atoms with Crippen LogP contribution in [0.15, 0.2) is 24.3 Å². The molecule has 0 bridgehead atoms. The average Bonchev–Trinajstić information content (AvgIpc) is 2.28. The lowest BCUT2D eigenvalue weighted by molar-refractivity contribution is -0.138. The normalized spacial score (nSPS) is 15.2. The van der Waals surface area contributed by atoms with Gasteiger partial charge in [0, 0.05) is 6.42 Å². The highest BCUT2D eigenvalue weighted by Crippen LogP contribution is 2.33. The first-order chi connectivity index (χ1) is 8.20. The van der Waals surface area contributed by atoms with Gasteiger partial charge in [-0.1, -0.05) is 18.2 Å². The maximum absolute atomic E-state index is 12.8. The van der Waals surface area contributed by atoms with E-state index in [0.717, 1.165) is 6.07 Å². The lowest BCUT2D eigenvalue weighted by Gasteiger charge is -2.30. The third-order valence-corrected chi connectivity index (χ3v) is 3.09.